The molecule has 164 valence electrons. The minimum atomic E-state index is -3.76. The Kier molecular flexibility index (Phi) is 7.66. The molecule has 1 heterocycles. The quantitative estimate of drug-likeness (QED) is 0.595. The van der Waals surface area contributed by atoms with Gasteiger partial charge in [-0.25, -0.2) is 21.1 Å². The first-order valence-corrected chi connectivity index (χ1v) is 12.6. The molecule has 1 N–H and O–H groups in total. The van der Waals surface area contributed by atoms with Crippen LogP contribution in [0.5, 0.6) is 5.75 Å². The number of amides is 1. The summed E-state index contributed by atoms with van der Waals surface area (Å²) in [6, 6.07) is 4.23. The maximum absolute atomic E-state index is 12.6. The van der Waals surface area contributed by atoms with Crippen molar-refractivity contribution in [3.63, 3.8) is 0 Å². The number of methoxy groups -OCH3 is 1. The fourth-order valence-corrected chi connectivity index (χ4v) is 6.12. The Morgan fingerprint density at radius 3 is 2.52 bits per heavy atom. The van der Waals surface area contributed by atoms with E-state index in [9.17, 15) is 21.6 Å². The molecule has 1 aromatic rings. The van der Waals surface area contributed by atoms with Crippen molar-refractivity contribution in [3.8, 4) is 5.75 Å². The number of sulfone groups is 1. The molecule has 0 aliphatic carbocycles. The first-order valence-electron chi connectivity index (χ1n) is 9.35. The van der Waals surface area contributed by atoms with Crippen LogP contribution < -0.4 is 10.1 Å². The molecule has 11 heteroatoms. The Morgan fingerprint density at radius 1 is 1.31 bits per heavy atom. The first-order chi connectivity index (χ1) is 13.5. The Balaban J connectivity index is 2.17. The second kappa shape index (κ2) is 9.41. The molecule has 1 aliphatic rings. The molecule has 1 aromatic carbocycles. The molecule has 29 heavy (non-hydrogen) atoms. The molecule has 0 aromatic heterocycles. The van der Waals surface area contributed by atoms with Crippen LogP contribution in [0.2, 0.25) is 0 Å². The number of benzene rings is 1. The summed E-state index contributed by atoms with van der Waals surface area (Å²) in [6.07, 6.45) is 1.31. The van der Waals surface area contributed by atoms with Crippen molar-refractivity contribution in [1.29, 1.82) is 0 Å². The number of nitrogens with zero attached hydrogens (tertiary/aromatic N) is 2. The topological polar surface area (TPSA) is 113 Å². The Labute approximate surface area is 173 Å². The van der Waals surface area contributed by atoms with Gasteiger partial charge < -0.3 is 10.1 Å². The summed E-state index contributed by atoms with van der Waals surface area (Å²) in [5.41, 5.74) is 0.326. The summed E-state index contributed by atoms with van der Waals surface area (Å²) < 4.78 is 54.8. The van der Waals surface area contributed by atoms with Gasteiger partial charge in [0.05, 0.1) is 25.2 Å². The third kappa shape index (κ3) is 5.91. The molecule has 1 fully saturated rings. The Hall–Kier alpha value is -1.69. The fourth-order valence-electron chi connectivity index (χ4n) is 3.28. The third-order valence-electron chi connectivity index (χ3n) is 4.79. The second-order valence-electron chi connectivity index (χ2n) is 7.23. The van der Waals surface area contributed by atoms with Crippen LogP contribution in [-0.4, -0.2) is 83.8 Å². The van der Waals surface area contributed by atoms with E-state index in [1.807, 2.05) is 11.8 Å². The summed E-state index contributed by atoms with van der Waals surface area (Å²) in [4.78, 5) is 14.4. The van der Waals surface area contributed by atoms with Crippen molar-refractivity contribution in [1.82, 2.24) is 9.21 Å². The number of carbonyl (C=O) groups is 1. The van der Waals surface area contributed by atoms with Crippen LogP contribution in [0, 0.1) is 0 Å². The van der Waals surface area contributed by atoms with Gasteiger partial charge in [0.1, 0.15) is 10.6 Å². The van der Waals surface area contributed by atoms with E-state index in [4.69, 9.17) is 4.74 Å². The number of rotatable bonds is 9. The van der Waals surface area contributed by atoms with Crippen molar-refractivity contribution < 1.29 is 26.4 Å². The van der Waals surface area contributed by atoms with Crippen molar-refractivity contribution in [3.05, 3.63) is 18.2 Å². The van der Waals surface area contributed by atoms with Crippen molar-refractivity contribution in [2.75, 3.05) is 51.1 Å². The highest BCUT2D eigenvalue weighted by Crippen LogP contribution is 2.29. The summed E-state index contributed by atoms with van der Waals surface area (Å²) in [5.74, 6) is 0.0548. The molecule has 1 amide bonds. The van der Waals surface area contributed by atoms with E-state index in [0.29, 0.717) is 18.7 Å². The Morgan fingerprint density at radius 2 is 2.00 bits per heavy atom. The minimum Gasteiger partial charge on any atom is -0.495 e. The third-order valence-corrected chi connectivity index (χ3v) is 8.37. The average Bonchev–Trinajstić information content (AvgIpc) is 3.01. The fraction of sp³-hybridized carbons (Fsp3) is 0.611. The van der Waals surface area contributed by atoms with Crippen LogP contribution in [0.3, 0.4) is 0 Å². The monoisotopic (exact) mass is 447 g/mol. The zero-order valence-corrected chi connectivity index (χ0v) is 18.8. The molecule has 0 saturated carbocycles. The van der Waals surface area contributed by atoms with Gasteiger partial charge in [0, 0.05) is 25.8 Å². The van der Waals surface area contributed by atoms with Gasteiger partial charge in [-0.1, -0.05) is 6.92 Å². The molecule has 1 unspecified atom stereocenters. The molecule has 0 radical (unpaired) electrons. The van der Waals surface area contributed by atoms with Gasteiger partial charge in [0.25, 0.3) is 0 Å². The predicted molar refractivity (Wildman–Crippen MR) is 111 cm³/mol. The van der Waals surface area contributed by atoms with E-state index >= 15 is 0 Å². The number of carbonyl (C=O) groups excluding carboxylic acids is 1. The van der Waals surface area contributed by atoms with Crippen LogP contribution in [0.15, 0.2) is 23.1 Å². The SMILES string of the molecule is CCCN(CC(=O)Nc1ccc(OC)c(S(=O)(=O)N(C)C)c1)C1CCS(=O)(=O)C1. The molecule has 1 atom stereocenters. The van der Waals surface area contributed by atoms with E-state index in [1.165, 1.54) is 33.3 Å². The predicted octanol–water partition coefficient (Wildman–Crippen LogP) is 0.783. The zero-order chi connectivity index (χ0) is 21.8. The maximum atomic E-state index is 12.6. The first kappa shape index (κ1) is 23.6. The summed E-state index contributed by atoms with van der Waals surface area (Å²) in [5, 5.41) is 2.71. The normalized spacial score (nSPS) is 18.9. The molecule has 9 nitrogen and oxygen atoms in total. The molecule has 0 spiro atoms. The lowest BCUT2D eigenvalue weighted by molar-refractivity contribution is -0.117. The van der Waals surface area contributed by atoms with Crippen LogP contribution in [0.25, 0.3) is 0 Å². The van der Waals surface area contributed by atoms with Gasteiger partial charge >= 0.3 is 0 Å². The van der Waals surface area contributed by atoms with E-state index in [2.05, 4.69) is 5.32 Å². The van der Waals surface area contributed by atoms with Crippen LogP contribution in [0.4, 0.5) is 5.69 Å². The molecule has 1 aliphatic heterocycles. The molecule has 1 saturated heterocycles. The van der Waals surface area contributed by atoms with Crippen LogP contribution >= 0.6 is 0 Å². The molecule has 0 bridgehead atoms. The molecular formula is C18H29N3O6S2. The van der Waals surface area contributed by atoms with Crippen LogP contribution in [0.1, 0.15) is 19.8 Å². The van der Waals surface area contributed by atoms with Gasteiger partial charge in [-0.15, -0.1) is 0 Å². The van der Waals surface area contributed by atoms with Crippen molar-refractivity contribution in [2.24, 2.45) is 0 Å². The van der Waals surface area contributed by atoms with E-state index < -0.39 is 19.9 Å². The lowest BCUT2D eigenvalue weighted by Gasteiger charge is -2.27. The number of anilines is 1. The largest absolute Gasteiger partial charge is 0.495 e. The maximum Gasteiger partial charge on any atom is 0.246 e. The lowest BCUT2D eigenvalue weighted by atomic mass is 10.2. The molecule has 2 rings (SSSR count). The van der Waals surface area contributed by atoms with Gasteiger partial charge in [0.2, 0.25) is 15.9 Å². The Bertz CT molecular complexity index is 944. The van der Waals surface area contributed by atoms with E-state index in [1.54, 1.807) is 6.07 Å². The number of hydrogen-bond donors (Lipinski definition) is 1. The highest BCUT2D eigenvalue weighted by atomic mass is 32.2. The van der Waals surface area contributed by atoms with E-state index in [-0.39, 0.29) is 40.6 Å². The van der Waals surface area contributed by atoms with E-state index in [0.717, 1.165) is 10.7 Å². The number of ether oxygens (including phenoxy) is 1. The average molecular weight is 448 g/mol. The van der Waals surface area contributed by atoms with Crippen LogP contribution in [-0.2, 0) is 24.7 Å². The lowest BCUT2D eigenvalue weighted by Crippen LogP contribution is -2.42. The number of sulfonamides is 1. The van der Waals surface area contributed by atoms with Gasteiger partial charge in [-0.2, -0.15) is 0 Å². The number of nitrogens with one attached hydrogen (secondary N) is 1. The van der Waals surface area contributed by atoms with Gasteiger partial charge in [-0.05, 0) is 37.6 Å². The minimum absolute atomic E-state index is 0.0375. The van der Waals surface area contributed by atoms with Gasteiger partial charge in [-0.3, -0.25) is 9.69 Å². The summed E-state index contributed by atoms with van der Waals surface area (Å²) in [6.45, 7) is 2.61. The molecular weight excluding hydrogens is 418 g/mol. The van der Waals surface area contributed by atoms with Gasteiger partial charge in [0.15, 0.2) is 9.84 Å². The van der Waals surface area contributed by atoms with Crippen molar-refractivity contribution >= 4 is 31.5 Å². The summed E-state index contributed by atoms with van der Waals surface area (Å²) in [7, 11) is -2.60. The van der Waals surface area contributed by atoms with Crippen molar-refractivity contribution in [2.45, 2.75) is 30.7 Å². The second-order valence-corrected chi connectivity index (χ2v) is 11.6. The zero-order valence-electron chi connectivity index (χ0n) is 17.2. The highest BCUT2D eigenvalue weighted by molar-refractivity contribution is 7.91. The number of hydrogen-bond acceptors (Lipinski definition) is 7. The smallest absolute Gasteiger partial charge is 0.246 e. The standard InChI is InChI=1S/C18H29N3O6S2/c1-5-9-21(15-8-10-28(23,24)13-15)12-18(22)19-14-6-7-16(27-4)17(11-14)29(25,26)20(2)3/h6-7,11,15H,5,8-10,12-13H2,1-4H3,(H,19,22). The highest BCUT2D eigenvalue weighted by Gasteiger charge is 2.32. The summed E-state index contributed by atoms with van der Waals surface area (Å²) >= 11 is 0.